The van der Waals surface area contributed by atoms with Crippen LogP contribution in [0.1, 0.15) is 25.7 Å². The quantitative estimate of drug-likeness (QED) is 0.629. The molecule has 2 aliphatic heterocycles. The Morgan fingerprint density at radius 1 is 1.53 bits per heavy atom. The third kappa shape index (κ3) is 2.84. The molecule has 0 unspecified atom stereocenters. The summed E-state index contributed by atoms with van der Waals surface area (Å²) in [7, 11) is 0.809. The molecule has 0 aromatic heterocycles. The highest BCUT2D eigenvalue weighted by Gasteiger charge is 2.43. The van der Waals surface area contributed by atoms with Gasteiger partial charge >= 0.3 is 6.09 Å². The molecule has 1 amide bonds. The zero-order chi connectivity index (χ0) is 12.3. The molecule has 3 atom stereocenters. The lowest BCUT2D eigenvalue weighted by atomic mass is 9.99. The van der Waals surface area contributed by atoms with E-state index in [2.05, 4.69) is 11.7 Å². The normalized spacial score (nSPS) is 31.5. The summed E-state index contributed by atoms with van der Waals surface area (Å²) in [6.07, 6.45) is 5.56. The number of piperidine rings is 1. The SMILES string of the molecule is C=CCOC(=O)N1[C@@H]2CC[C@H]1C[C@H](NP=S)C2. The number of fused-ring (bicyclic) bond motifs is 2. The Morgan fingerprint density at radius 2 is 2.18 bits per heavy atom. The molecular weight excluding hydrogens is 255 g/mol. The predicted octanol–water partition coefficient (Wildman–Crippen LogP) is 2.22. The Kier molecular flexibility index (Phi) is 4.48. The number of hydrogen-bond donors (Lipinski definition) is 1. The molecule has 6 heteroatoms. The average molecular weight is 272 g/mol. The molecule has 1 N–H and O–H groups in total. The van der Waals surface area contributed by atoms with Crippen molar-refractivity contribution in [3.63, 3.8) is 0 Å². The van der Waals surface area contributed by atoms with Gasteiger partial charge in [-0.15, -0.1) is 0 Å². The van der Waals surface area contributed by atoms with Crippen LogP contribution in [0.2, 0.25) is 0 Å². The van der Waals surface area contributed by atoms with Gasteiger partial charge in [-0.3, -0.25) is 5.09 Å². The molecule has 0 spiro atoms. The van der Waals surface area contributed by atoms with Gasteiger partial charge in [-0.25, -0.2) is 4.79 Å². The van der Waals surface area contributed by atoms with Gasteiger partial charge in [0.1, 0.15) is 6.61 Å². The fourth-order valence-electron chi connectivity index (χ4n) is 2.86. The fourth-order valence-corrected chi connectivity index (χ4v) is 3.67. The topological polar surface area (TPSA) is 41.6 Å². The summed E-state index contributed by atoms with van der Waals surface area (Å²) in [5, 5.41) is 3.28. The summed E-state index contributed by atoms with van der Waals surface area (Å²) in [6.45, 7) is 3.84. The molecule has 94 valence electrons. The predicted molar refractivity (Wildman–Crippen MR) is 70.6 cm³/mol. The minimum atomic E-state index is -0.188. The third-order valence-electron chi connectivity index (χ3n) is 3.50. The lowest BCUT2D eigenvalue weighted by molar-refractivity contribution is 0.0721. The standard InChI is InChI=1S/C11H17N2O2PS/c1-2-5-15-11(14)13-9-3-4-10(13)7-8(6-9)12-16-17/h2,8-10H,1,3-7H2,(H,12,17)/t8-,9-,10+. The minimum absolute atomic E-state index is 0.188. The number of carbonyl (C=O) groups is 1. The molecule has 2 aliphatic rings. The highest BCUT2D eigenvalue weighted by molar-refractivity contribution is 7.95. The number of carbonyl (C=O) groups excluding carboxylic acids is 1. The van der Waals surface area contributed by atoms with Crippen molar-refractivity contribution in [2.45, 2.75) is 43.8 Å². The van der Waals surface area contributed by atoms with Crippen molar-refractivity contribution in [2.75, 3.05) is 6.61 Å². The Hall–Kier alpha value is -0.510. The first-order valence-electron chi connectivity index (χ1n) is 5.90. The molecule has 0 aromatic rings. The molecule has 0 aromatic carbocycles. The van der Waals surface area contributed by atoms with Gasteiger partial charge in [0.2, 0.25) is 0 Å². The van der Waals surface area contributed by atoms with Gasteiger partial charge in [-0.1, -0.05) is 12.7 Å². The Balaban J connectivity index is 1.95. The molecule has 2 heterocycles. The van der Waals surface area contributed by atoms with E-state index < -0.39 is 0 Å². The molecule has 0 radical (unpaired) electrons. The first-order valence-corrected chi connectivity index (χ1v) is 7.81. The van der Waals surface area contributed by atoms with Crippen LogP contribution in [0.25, 0.3) is 0 Å². The van der Waals surface area contributed by atoms with Crippen LogP contribution in [-0.2, 0) is 16.5 Å². The molecule has 2 rings (SSSR count). The number of hydrogen-bond acceptors (Lipinski definition) is 3. The van der Waals surface area contributed by atoms with Crippen molar-refractivity contribution < 1.29 is 9.53 Å². The van der Waals surface area contributed by atoms with Crippen molar-refractivity contribution in [2.24, 2.45) is 0 Å². The van der Waals surface area contributed by atoms with Gasteiger partial charge in [-0.2, -0.15) is 0 Å². The number of rotatable bonds is 4. The van der Waals surface area contributed by atoms with Crippen LogP contribution in [0.15, 0.2) is 12.7 Å². The first-order chi connectivity index (χ1) is 8.26. The third-order valence-corrected chi connectivity index (χ3v) is 4.29. The van der Waals surface area contributed by atoms with Crippen LogP contribution in [0.4, 0.5) is 4.79 Å². The summed E-state index contributed by atoms with van der Waals surface area (Å²) in [6, 6.07) is 1.09. The van der Waals surface area contributed by atoms with Gasteiger partial charge in [0.05, 0.1) is 7.51 Å². The Labute approximate surface area is 108 Å². The molecule has 2 saturated heterocycles. The Morgan fingerprint density at radius 3 is 2.71 bits per heavy atom. The zero-order valence-corrected chi connectivity index (χ0v) is 11.4. The second-order valence-electron chi connectivity index (χ2n) is 4.55. The average Bonchev–Trinajstić information content (AvgIpc) is 2.59. The maximum atomic E-state index is 11.9. The van der Waals surface area contributed by atoms with Gasteiger partial charge < -0.3 is 9.64 Å². The second kappa shape index (κ2) is 5.89. The second-order valence-corrected chi connectivity index (χ2v) is 5.54. The van der Waals surface area contributed by atoms with Crippen molar-refractivity contribution in [3.8, 4) is 0 Å². The molecule has 2 bridgehead atoms. The van der Waals surface area contributed by atoms with Crippen LogP contribution < -0.4 is 5.09 Å². The van der Waals surface area contributed by atoms with Gasteiger partial charge in [-0.05, 0) is 37.5 Å². The molecular formula is C11H17N2O2PS. The maximum absolute atomic E-state index is 11.9. The first kappa shape index (κ1) is 12.9. The van der Waals surface area contributed by atoms with Crippen LogP contribution >= 0.6 is 7.51 Å². The number of ether oxygens (including phenoxy) is 1. The summed E-state index contributed by atoms with van der Waals surface area (Å²) in [5.41, 5.74) is 0. The van der Waals surface area contributed by atoms with E-state index in [1.165, 1.54) is 0 Å². The fraction of sp³-hybridized carbons (Fsp3) is 0.727. The highest BCUT2D eigenvalue weighted by Crippen LogP contribution is 2.36. The minimum Gasteiger partial charge on any atom is -0.445 e. The van der Waals surface area contributed by atoms with Crippen LogP contribution in [-0.4, -0.2) is 35.7 Å². The largest absolute Gasteiger partial charge is 0.445 e. The van der Waals surface area contributed by atoms with E-state index in [0.29, 0.717) is 24.7 Å². The number of nitrogens with zero attached hydrogens (tertiary/aromatic N) is 1. The zero-order valence-electron chi connectivity index (χ0n) is 9.67. The van der Waals surface area contributed by atoms with E-state index in [9.17, 15) is 4.79 Å². The van der Waals surface area contributed by atoms with Crippen LogP contribution in [0.3, 0.4) is 0 Å². The summed E-state index contributed by atoms with van der Waals surface area (Å²) >= 11 is 4.91. The van der Waals surface area contributed by atoms with Crippen molar-refractivity contribution in [1.82, 2.24) is 9.99 Å². The maximum Gasteiger partial charge on any atom is 0.410 e. The van der Waals surface area contributed by atoms with Crippen molar-refractivity contribution in [1.29, 1.82) is 0 Å². The monoisotopic (exact) mass is 272 g/mol. The molecule has 17 heavy (non-hydrogen) atoms. The number of nitrogens with one attached hydrogen (secondary N) is 1. The number of amides is 1. The molecule has 0 aliphatic carbocycles. The summed E-state index contributed by atoms with van der Waals surface area (Å²) < 4.78 is 5.13. The molecule has 2 fully saturated rings. The lowest BCUT2D eigenvalue weighted by Gasteiger charge is -2.37. The Bertz CT molecular complexity index is 313. The molecule has 0 saturated carbocycles. The van der Waals surface area contributed by atoms with Gasteiger partial charge in [0.15, 0.2) is 0 Å². The van der Waals surface area contributed by atoms with Crippen LogP contribution in [0.5, 0.6) is 0 Å². The lowest BCUT2D eigenvalue weighted by Crippen LogP contribution is -2.50. The van der Waals surface area contributed by atoms with Gasteiger partial charge in [0, 0.05) is 18.1 Å². The summed E-state index contributed by atoms with van der Waals surface area (Å²) in [4.78, 5) is 13.8. The van der Waals surface area contributed by atoms with Crippen molar-refractivity contribution in [3.05, 3.63) is 12.7 Å². The van der Waals surface area contributed by atoms with E-state index in [4.69, 9.17) is 16.5 Å². The smallest absolute Gasteiger partial charge is 0.410 e. The molecule has 4 nitrogen and oxygen atoms in total. The van der Waals surface area contributed by atoms with E-state index in [-0.39, 0.29) is 6.09 Å². The van der Waals surface area contributed by atoms with Crippen molar-refractivity contribution >= 4 is 25.4 Å². The highest BCUT2D eigenvalue weighted by atomic mass is 32.4. The summed E-state index contributed by atoms with van der Waals surface area (Å²) in [5.74, 6) is 0. The van der Waals surface area contributed by atoms with E-state index in [0.717, 1.165) is 33.2 Å². The van der Waals surface area contributed by atoms with Crippen LogP contribution in [0, 0.1) is 0 Å². The van der Waals surface area contributed by atoms with E-state index in [1.807, 2.05) is 4.90 Å². The van der Waals surface area contributed by atoms with E-state index >= 15 is 0 Å². The van der Waals surface area contributed by atoms with E-state index in [1.54, 1.807) is 6.08 Å². The van der Waals surface area contributed by atoms with Gasteiger partial charge in [0.25, 0.3) is 0 Å².